The zero-order valence-corrected chi connectivity index (χ0v) is 13.3. The summed E-state index contributed by atoms with van der Waals surface area (Å²) in [6, 6.07) is 0. The summed E-state index contributed by atoms with van der Waals surface area (Å²) in [6.07, 6.45) is 7.98. The van der Waals surface area contributed by atoms with Crippen molar-refractivity contribution in [3.05, 3.63) is 0 Å². The van der Waals surface area contributed by atoms with Crippen LogP contribution in [0.1, 0.15) is 38.5 Å². The van der Waals surface area contributed by atoms with Crippen LogP contribution in [0.25, 0.3) is 0 Å². The topological polar surface area (TPSA) is 59.6 Å². The van der Waals surface area contributed by atoms with Gasteiger partial charge in [0.1, 0.15) is 0 Å². The van der Waals surface area contributed by atoms with Crippen molar-refractivity contribution in [2.24, 2.45) is 0 Å². The van der Waals surface area contributed by atoms with E-state index in [1.165, 1.54) is 38.5 Å². The van der Waals surface area contributed by atoms with Crippen LogP contribution >= 0.6 is 12.4 Å². The number of ether oxygens (including phenoxy) is 2. The highest BCUT2D eigenvalue weighted by atomic mass is 35.5. The van der Waals surface area contributed by atoms with Crippen LogP contribution in [0, 0.1) is 0 Å². The second kappa shape index (κ2) is 13.6. The standard InChI is InChI=1S/C14H28N2O3.ClH/c1-18-10-8-15-12-14(17)16-9-11-19-13-6-4-2-3-5-7-13;/h13,15H,2-12H2,1H3,(H,16,17);1H. The Balaban J connectivity index is 0.00000361. The third-order valence-corrected chi connectivity index (χ3v) is 3.35. The fourth-order valence-corrected chi connectivity index (χ4v) is 2.26. The van der Waals surface area contributed by atoms with Crippen LogP contribution in [0.4, 0.5) is 0 Å². The predicted octanol–water partition coefficient (Wildman–Crippen LogP) is 1.50. The molecule has 0 bridgehead atoms. The van der Waals surface area contributed by atoms with Crippen LogP contribution in [0.3, 0.4) is 0 Å². The van der Waals surface area contributed by atoms with Gasteiger partial charge in [-0.15, -0.1) is 12.4 Å². The SMILES string of the molecule is COCCNCC(=O)NCCOC1CCCCCC1.Cl. The van der Waals surface area contributed by atoms with E-state index < -0.39 is 0 Å². The van der Waals surface area contributed by atoms with Crippen LogP contribution in [-0.2, 0) is 14.3 Å². The van der Waals surface area contributed by atoms with Crippen LogP contribution in [-0.4, -0.2) is 52.0 Å². The van der Waals surface area contributed by atoms with Gasteiger partial charge in [0.15, 0.2) is 0 Å². The lowest BCUT2D eigenvalue weighted by Crippen LogP contribution is -2.37. The first-order chi connectivity index (χ1) is 9.33. The number of hydrogen-bond donors (Lipinski definition) is 2. The Kier molecular flexibility index (Phi) is 13.4. The monoisotopic (exact) mass is 308 g/mol. The quantitative estimate of drug-likeness (QED) is 0.500. The van der Waals surface area contributed by atoms with Gasteiger partial charge in [-0.25, -0.2) is 0 Å². The maximum Gasteiger partial charge on any atom is 0.234 e. The zero-order valence-electron chi connectivity index (χ0n) is 12.5. The van der Waals surface area contributed by atoms with Gasteiger partial charge in [0.2, 0.25) is 5.91 Å². The molecule has 0 aliphatic heterocycles. The number of amides is 1. The van der Waals surface area contributed by atoms with Crippen LogP contribution < -0.4 is 10.6 Å². The Morgan fingerprint density at radius 1 is 1.10 bits per heavy atom. The molecule has 0 unspecified atom stereocenters. The molecule has 120 valence electrons. The summed E-state index contributed by atoms with van der Waals surface area (Å²) in [4.78, 5) is 11.4. The summed E-state index contributed by atoms with van der Waals surface area (Å²) in [5.41, 5.74) is 0. The molecular weight excluding hydrogens is 280 g/mol. The molecule has 2 N–H and O–H groups in total. The average molecular weight is 309 g/mol. The highest BCUT2D eigenvalue weighted by molar-refractivity contribution is 5.85. The molecule has 0 aromatic heterocycles. The van der Waals surface area contributed by atoms with Crippen molar-refractivity contribution in [2.75, 3.05) is 40.0 Å². The van der Waals surface area contributed by atoms with Gasteiger partial charge in [-0.1, -0.05) is 25.7 Å². The van der Waals surface area contributed by atoms with Crippen molar-refractivity contribution in [1.82, 2.24) is 10.6 Å². The molecule has 0 heterocycles. The lowest BCUT2D eigenvalue weighted by Gasteiger charge is -2.15. The first-order valence-corrected chi connectivity index (χ1v) is 7.41. The van der Waals surface area contributed by atoms with Crippen LogP contribution in [0.5, 0.6) is 0 Å². The van der Waals surface area contributed by atoms with Crippen LogP contribution in [0.2, 0.25) is 0 Å². The van der Waals surface area contributed by atoms with Crippen molar-refractivity contribution in [2.45, 2.75) is 44.6 Å². The molecule has 1 amide bonds. The summed E-state index contributed by atoms with van der Waals surface area (Å²) in [5, 5.41) is 5.85. The van der Waals surface area contributed by atoms with Gasteiger partial charge in [-0.05, 0) is 12.8 Å². The smallest absolute Gasteiger partial charge is 0.234 e. The van der Waals surface area contributed by atoms with Gasteiger partial charge in [0, 0.05) is 20.2 Å². The summed E-state index contributed by atoms with van der Waals surface area (Å²) in [5.74, 6) is 0.0144. The summed E-state index contributed by atoms with van der Waals surface area (Å²) in [7, 11) is 1.65. The molecule has 0 atom stereocenters. The van der Waals surface area contributed by atoms with E-state index in [1.807, 2.05) is 0 Å². The van der Waals surface area contributed by atoms with Gasteiger partial charge >= 0.3 is 0 Å². The minimum atomic E-state index is 0. The number of hydrogen-bond acceptors (Lipinski definition) is 4. The molecule has 20 heavy (non-hydrogen) atoms. The minimum absolute atomic E-state index is 0. The zero-order chi connectivity index (χ0) is 13.8. The molecule has 0 aromatic carbocycles. The maximum atomic E-state index is 11.4. The van der Waals surface area contributed by atoms with Gasteiger partial charge in [-0.2, -0.15) is 0 Å². The summed E-state index contributed by atoms with van der Waals surface area (Å²) < 4.78 is 10.7. The molecule has 1 aliphatic rings. The van der Waals surface area contributed by atoms with Crippen LogP contribution in [0.15, 0.2) is 0 Å². The van der Waals surface area contributed by atoms with E-state index in [-0.39, 0.29) is 18.3 Å². The molecule has 0 aromatic rings. The molecule has 1 rings (SSSR count). The van der Waals surface area contributed by atoms with E-state index in [2.05, 4.69) is 10.6 Å². The highest BCUT2D eigenvalue weighted by Crippen LogP contribution is 2.19. The fraction of sp³-hybridized carbons (Fsp3) is 0.929. The van der Waals surface area contributed by atoms with E-state index >= 15 is 0 Å². The first-order valence-electron chi connectivity index (χ1n) is 7.41. The van der Waals surface area contributed by atoms with Gasteiger partial charge in [0.05, 0.1) is 25.9 Å². The van der Waals surface area contributed by atoms with Crippen molar-refractivity contribution in [1.29, 1.82) is 0 Å². The molecule has 0 saturated heterocycles. The van der Waals surface area contributed by atoms with Crippen molar-refractivity contribution in [3.8, 4) is 0 Å². The predicted molar refractivity (Wildman–Crippen MR) is 82.4 cm³/mol. The molecule has 0 radical (unpaired) electrons. The molecule has 5 nitrogen and oxygen atoms in total. The minimum Gasteiger partial charge on any atom is -0.383 e. The normalized spacial score (nSPS) is 16.2. The third kappa shape index (κ3) is 10.4. The van der Waals surface area contributed by atoms with Gasteiger partial charge in [-0.3, -0.25) is 4.79 Å². The lowest BCUT2D eigenvalue weighted by atomic mass is 10.1. The number of rotatable bonds is 9. The molecule has 6 heteroatoms. The van der Waals surface area contributed by atoms with Gasteiger partial charge < -0.3 is 20.1 Å². The van der Waals surface area contributed by atoms with E-state index in [1.54, 1.807) is 7.11 Å². The second-order valence-electron chi connectivity index (χ2n) is 5.00. The van der Waals surface area contributed by atoms with E-state index in [4.69, 9.17) is 9.47 Å². The van der Waals surface area contributed by atoms with Crippen molar-refractivity contribution >= 4 is 18.3 Å². The van der Waals surface area contributed by atoms with Gasteiger partial charge in [0.25, 0.3) is 0 Å². The number of methoxy groups -OCH3 is 1. The summed E-state index contributed by atoms with van der Waals surface area (Å²) >= 11 is 0. The van der Waals surface area contributed by atoms with E-state index in [0.717, 1.165) is 0 Å². The molecule has 1 aliphatic carbocycles. The first kappa shape index (κ1) is 19.6. The Hall–Kier alpha value is -0.360. The number of carbonyl (C=O) groups excluding carboxylic acids is 1. The number of halogens is 1. The van der Waals surface area contributed by atoms with E-state index in [9.17, 15) is 4.79 Å². The Bertz CT molecular complexity index is 234. The average Bonchev–Trinajstić information content (AvgIpc) is 2.68. The molecule has 1 saturated carbocycles. The molecular formula is C14H29ClN2O3. The Morgan fingerprint density at radius 2 is 1.80 bits per heavy atom. The molecule has 1 fully saturated rings. The Morgan fingerprint density at radius 3 is 2.45 bits per heavy atom. The van der Waals surface area contributed by atoms with Crippen molar-refractivity contribution < 1.29 is 14.3 Å². The Labute approximate surface area is 128 Å². The largest absolute Gasteiger partial charge is 0.383 e. The number of nitrogens with one attached hydrogen (secondary N) is 2. The third-order valence-electron chi connectivity index (χ3n) is 3.35. The highest BCUT2D eigenvalue weighted by Gasteiger charge is 2.12. The van der Waals surface area contributed by atoms with Crippen molar-refractivity contribution in [3.63, 3.8) is 0 Å². The molecule has 0 spiro atoms. The fourth-order valence-electron chi connectivity index (χ4n) is 2.26. The lowest BCUT2D eigenvalue weighted by molar-refractivity contribution is -0.120. The van der Waals surface area contributed by atoms with E-state index in [0.29, 0.717) is 39.0 Å². The maximum absolute atomic E-state index is 11.4. The second-order valence-corrected chi connectivity index (χ2v) is 5.00. The summed E-state index contributed by atoms with van der Waals surface area (Å²) in [6.45, 7) is 2.88. The number of carbonyl (C=O) groups is 1.